The third-order valence-electron chi connectivity index (χ3n) is 14.6. The fourth-order valence-corrected chi connectivity index (χ4v) is 9.55. The molecule has 0 aliphatic carbocycles. The van der Waals surface area contributed by atoms with Gasteiger partial charge in [-0.2, -0.15) is 0 Å². The summed E-state index contributed by atoms with van der Waals surface area (Å²) in [5.41, 5.74) is 0. The molecule has 0 aromatic rings. The number of rotatable bonds is 56. The van der Waals surface area contributed by atoms with E-state index in [9.17, 15) is 14.4 Å². The molecule has 0 spiro atoms. The SMILES string of the molecule is CCCCCCCCCCCCCC(=O)OC[C@@H](COC(=O)CCCCCCCCCCCCCCCCCCCCC(C)C)OC(=O)CCCCCCCCCCCCCCCCC(C)CC. The first-order valence-corrected chi connectivity index (χ1v) is 30.8. The van der Waals surface area contributed by atoms with Gasteiger partial charge in [0.1, 0.15) is 13.2 Å². The van der Waals surface area contributed by atoms with Gasteiger partial charge in [0.05, 0.1) is 0 Å². The number of esters is 3. The van der Waals surface area contributed by atoms with E-state index in [1.807, 2.05) is 0 Å². The molecule has 0 saturated heterocycles. The Kier molecular flexibility index (Phi) is 53.5. The Bertz CT molecular complexity index is 1040. The average Bonchev–Trinajstić information content (AvgIpc) is 3.32. The van der Waals surface area contributed by atoms with E-state index in [0.717, 1.165) is 69.6 Å². The van der Waals surface area contributed by atoms with Crippen LogP contribution >= 0.6 is 0 Å². The Morgan fingerprint density at radius 2 is 0.559 bits per heavy atom. The second-order valence-corrected chi connectivity index (χ2v) is 22.1. The zero-order chi connectivity index (χ0) is 49.6. The molecular formula is C62H120O6. The van der Waals surface area contributed by atoms with E-state index < -0.39 is 6.10 Å². The zero-order valence-electron chi connectivity index (χ0n) is 46.7. The summed E-state index contributed by atoms with van der Waals surface area (Å²) in [5, 5.41) is 0. The monoisotopic (exact) mass is 961 g/mol. The third kappa shape index (κ3) is 53.8. The second-order valence-electron chi connectivity index (χ2n) is 22.1. The normalized spacial score (nSPS) is 12.4. The third-order valence-corrected chi connectivity index (χ3v) is 14.6. The summed E-state index contributed by atoms with van der Waals surface area (Å²) in [6.07, 6.45) is 59.5. The average molecular weight is 962 g/mol. The summed E-state index contributed by atoms with van der Waals surface area (Å²) in [5.74, 6) is 0.918. The van der Waals surface area contributed by atoms with Crippen LogP contribution in [-0.2, 0) is 28.6 Å². The van der Waals surface area contributed by atoms with Crippen molar-refractivity contribution in [1.82, 2.24) is 0 Å². The second kappa shape index (κ2) is 54.7. The van der Waals surface area contributed by atoms with Crippen LogP contribution in [0.1, 0.15) is 349 Å². The Balaban J connectivity index is 4.22. The van der Waals surface area contributed by atoms with E-state index >= 15 is 0 Å². The summed E-state index contributed by atoms with van der Waals surface area (Å²) in [4.78, 5) is 38.2. The number of hydrogen-bond donors (Lipinski definition) is 0. The molecule has 0 saturated carbocycles. The molecule has 404 valence electrons. The van der Waals surface area contributed by atoms with Crippen LogP contribution < -0.4 is 0 Å². The first-order chi connectivity index (χ1) is 33.3. The molecule has 6 nitrogen and oxygen atoms in total. The van der Waals surface area contributed by atoms with Crippen LogP contribution in [0.3, 0.4) is 0 Å². The molecule has 0 rings (SSSR count). The minimum atomic E-state index is -0.763. The topological polar surface area (TPSA) is 78.9 Å². The Labute approximate surface area is 425 Å². The van der Waals surface area contributed by atoms with Crippen molar-refractivity contribution in [3.05, 3.63) is 0 Å². The lowest BCUT2D eigenvalue weighted by Crippen LogP contribution is -2.30. The molecule has 0 heterocycles. The standard InChI is InChI=1S/C62H120O6/c1-6-8-9-10-11-12-25-32-37-42-47-52-60(63)66-55-59(68-62(65)54-49-44-39-34-29-24-20-19-22-27-31-36-41-46-51-58(5)7-2)56-67-61(64)53-48-43-38-33-28-23-18-16-14-13-15-17-21-26-30-35-40-45-50-57(3)4/h57-59H,6-56H2,1-5H3/t58?,59-/m0/s1. The lowest BCUT2D eigenvalue weighted by Gasteiger charge is -2.18. The molecule has 0 aliphatic heterocycles. The van der Waals surface area contributed by atoms with Gasteiger partial charge in [-0.3, -0.25) is 14.4 Å². The number of carbonyl (C=O) groups excluding carboxylic acids is 3. The van der Waals surface area contributed by atoms with E-state index in [2.05, 4.69) is 34.6 Å². The number of unbranched alkanes of at least 4 members (excludes halogenated alkanes) is 40. The maximum absolute atomic E-state index is 12.9. The number of ether oxygens (including phenoxy) is 3. The first kappa shape index (κ1) is 66.4. The molecule has 0 N–H and O–H groups in total. The van der Waals surface area contributed by atoms with Gasteiger partial charge in [-0.15, -0.1) is 0 Å². The van der Waals surface area contributed by atoms with E-state index in [1.165, 1.54) is 238 Å². The van der Waals surface area contributed by atoms with Gasteiger partial charge in [-0.1, -0.05) is 311 Å². The van der Waals surface area contributed by atoms with Gasteiger partial charge in [0, 0.05) is 19.3 Å². The van der Waals surface area contributed by atoms with Crippen LogP contribution in [0.2, 0.25) is 0 Å². The lowest BCUT2D eigenvalue weighted by molar-refractivity contribution is -0.167. The maximum atomic E-state index is 12.9. The molecule has 68 heavy (non-hydrogen) atoms. The van der Waals surface area contributed by atoms with Gasteiger partial charge < -0.3 is 14.2 Å². The van der Waals surface area contributed by atoms with Crippen LogP contribution in [0.5, 0.6) is 0 Å². The first-order valence-electron chi connectivity index (χ1n) is 30.8. The van der Waals surface area contributed by atoms with Crippen LogP contribution in [0.4, 0.5) is 0 Å². The van der Waals surface area contributed by atoms with Crippen molar-refractivity contribution in [3.63, 3.8) is 0 Å². The van der Waals surface area contributed by atoms with Gasteiger partial charge in [0.25, 0.3) is 0 Å². The summed E-state index contributed by atoms with van der Waals surface area (Å²) < 4.78 is 16.9. The van der Waals surface area contributed by atoms with Crippen molar-refractivity contribution in [2.75, 3.05) is 13.2 Å². The minimum Gasteiger partial charge on any atom is -0.462 e. The Hall–Kier alpha value is -1.59. The minimum absolute atomic E-state index is 0.0621. The quantitative estimate of drug-likeness (QED) is 0.0343. The van der Waals surface area contributed by atoms with Crippen molar-refractivity contribution in [3.8, 4) is 0 Å². The summed E-state index contributed by atoms with van der Waals surface area (Å²) in [6, 6.07) is 0. The van der Waals surface area contributed by atoms with Gasteiger partial charge in [-0.05, 0) is 31.1 Å². The summed E-state index contributed by atoms with van der Waals surface area (Å²) in [7, 11) is 0. The highest BCUT2D eigenvalue weighted by atomic mass is 16.6. The van der Waals surface area contributed by atoms with Crippen LogP contribution in [0, 0.1) is 11.8 Å². The highest BCUT2D eigenvalue weighted by Gasteiger charge is 2.19. The van der Waals surface area contributed by atoms with Crippen molar-refractivity contribution >= 4 is 17.9 Å². The van der Waals surface area contributed by atoms with Crippen molar-refractivity contribution < 1.29 is 28.6 Å². The lowest BCUT2D eigenvalue weighted by atomic mass is 9.99. The summed E-state index contributed by atoms with van der Waals surface area (Å²) >= 11 is 0. The number of hydrogen-bond acceptors (Lipinski definition) is 6. The number of carbonyl (C=O) groups is 3. The van der Waals surface area contributed by atoms with E-state index in [-0.39, 0.29) is 31.1 Å². The van der Waals surface area contributed by atoms with Gasteiger partial charge in [0.15, 0.2) is 6.10 Å². The van der Waals surface area contributed by atoms with Crippen molar-refractivity contribution in [1.29, 1.82) is 0 Å². The van der Waals surface area contributed by atoms with E-state index in [4.69, 9.17) is 14.2 Å². The van der Waals surface area contributed by atoms with Crippen molar-refractivity contribution in [2.24, 2.45) is 11.8 Å². The largest absolute Gasteiger partial charge is 0.462 e. The molecule has 0 aromatic carbocycles. The van der Waals surface area contributed by atoms with Gasteiger partial charge >= 0.3 is 17.9 Å². The molecular weight excluding hydrogens is 841 g/mol. The molecule has 0 fully saturated rings. The molecule has 0 aromatic heterocycles. The fraction of sp³-hybridized carbons (Fsp3) is 0.952. The summed E-state index contributed by atoms with van der Waals surface area (Å²) in [6.45, 7) is 11.5. The predicted molar refractivity (Wildman–Crippen MR) is 293 cm³/mol. The molecule has 6 heteroatoms. The molecule has 0 aliphatic rings. The van der Waals surface area contributed by atoms with Crippen LogP contribution in [-0.4, -0.2) is 37.2 Å². The highest BCUT2D eigenvalue weighted by molar-refractivity contribution is 5.71. The molecule has 1 unspecified atom stereocenters. The van der Waals surface area contributed by atoms with Gasteiger partial charge in [0.2, 0.25) is 0 Å². The highest BCUT2D eigenvalue weighted by Crippen LogP contribution is 2.19. The van der Waals surface area contributed by atoms with E-state index in [0.29, 0.717) is 19.3 Å². The molecule has 0 radical (unpaired) electrons. The molecule has 0 amide bonds. The zero-order valence-corrected chi connectivity index (χ0v) is 46.7. The smallest absolute Gasteiger partial charge is 0.306 e. The molecule has 2 atom stereocenters. The predicted octanol–water partition coefficient (Wildman–Crippen LogP) is 20.4. The maximum Gasteiger partial charge on any atom is 0.306 e. The van der Waals surface area contributed by atoms with E-state index in [1.54, 1.807) is 0 Å². The Morgan fingerprint density at radius 3 is 0.838 bits per heavy atom. The van der Waals surface area contributed by atoms with Gasteiger partial charge in [-0.25, -0.2) is 0 Å². The van der Waals surface area contributed by atoms with Crippen LogP contribution in [0.15, 0.2) is 0 Å². The van der Waals surface area contributed by atoms with Crippen LogP contribution in [0.25, 0.3) is 0 Å². The molecule has 0 bridgehead atoms. The fourth-order valence-electron chi connectivity index (χ4n) is 9.55. The Morgan fingerprint density at radius 1 is 0.309 bits per heavy atom. The van der Waals surface area contributed by atoms with Crippen molar-refractivity contribution in [2.45, 2.75) is 355 Å².